The number of amides is 1. The monoisotopic (exact) mass is 325 g/mol. The highest BCUT2D eigenvalue weighted by molar-refractivity contribution is 5.92. The van der Waals surface area contributed by atoms with Crippen molar-refractivity contribution >= 4 is 12.0 Å². The van der Waals surface area contributed by atoms with E-state index in [9.17, 15) is 15.0 Å². The Balaban J connectivity index is 2.04. The Labute approximate surface area is 142 Å². The molecule has 0 saturated carbocycles. The van der Waals surface area contributed by atoms with Crippen LogP contribution in [-0.2, 0) is 4.79 Å². The van der Waals surface area contributed by atoms with Crippen molar-refractivity contribution in [1.29, 1.82) is 0 Å². The van der Waals surface area contributed by atoms with E-state index < -0.39 is 0 Å². The van der Waals surface area contributed by atoms with Crippen molar-refractivity contribution in [1.82, 2.24) is 5.32 Å². The average molecular weight is 325 g/mol. The van der Waals surface area contributed by atoms with Gasteiger partial charge in [-0.25, -0.2) is 0 Å². The van der Waals surface area contributed by atoms with E-state index >= 15 is 0 Å². The maximum absolute atomic E-state index is 12.2. The van der Waals surface area contributed by atoms with E-state index in [1.807, 2.05) is 30.3 Å². The van der Waals surface area contributed by atoms with E-state index in [0.717, 1.165) is 24.8 Å². The number of rotatable bonds is 7. The number of benzene rings is 2. The maximum atomic E-state index is 12.2. The van der Waals surface area contributed by atoms with Crippen LogP contribution in [0.25, 0.3) is 6.08 Å². The molecule has 4 nitrogen and oxygen atoms in total. The summed E-state index contributed by atoms with van der Waals surface area (Å²) >= 11 is 0. The lowest BCUT2D eigenvalue weighted by molar-refractivity contribution is -0.117. The summed E-state index contributed by atoms with van der Waals surface area (Å²) in [6.45, 7) is 2.13. The zero-order chi connectivity index (χ0) is 17.4. The summed E-state index contributed by atoms with van der Waals surface area (Å²) in [5, 5.41) is 21.8. The number of phenolic OH excluding ortho intramolecular Hbond substituents is 2. The highest BCUT2D eigenvalue weighted by Gasteiger charge is 2.12. The van der Waals surface area contributed by atoms with Crippen LogP contribution in [0.2, 0.25) is 0 Å². The summed E-state index contributed by atoms with van der Waals surface area (Å²) in [6, 6.07) is 14.3. The highest BCUT2D eigenvalue weighted by atomic mass is 16.3. The van der Waals surface area contributed by atoms with Gasteiger partial charge in [0, 0.05) is 6.08 Å². The minimum atomic E-state index is -0.206. The summed E-state index contributed by atoms with van der Waals surface area (Å²) < 4.78 is 0. The summed E-state index contributed by atoms with van der Waals surface area (Å²) in [5.74, 6) is -0.574. The number of carbonyl (C=O) groups is 1. The normalized spacial score (nSPS) is 12.2. The molecule has 0 unspecified atom stereocenters. The number of hydrogen-bond donors (Lipinski definition) is 3. The van der Waals surface area contributed by atoms with Gasteiger partial charge in [0.25, 0.3) is 0 Å². The molecule has 0 aliphatic heterocycles. The molecule has 0 heterocycles. The Kier molecular flexibility index (Phi) is 6.43. The molecule has 0 fully saturated rings. The molecule has 1 atom stereocenters. The number of phenols is 2. The fourth-order valence-corrected chi connectivity index (χ4v) is 2.45. The van der Waals surface area contributed by atoms with Crippen LogP contribution in [0, 0.1) is 0 Å². The Morgan fingerprint density at radius 3 is 2.54 bits per heavy atom. The van der Waals surface area contributed by atoms with E-state index in [2.05, 4.69) is 12.2 Å². The first-order chi connectivity index (χ1) is 11.6. The third-order valence-corrected chi connectivity index (χ3v) is 3.79. The summed E-state index contributed by atoms with van der Waals surface area (Å²) in [4.78, 5) is 12.2. The number of hydrogen-bond acceptors (Lipinski definition) is 3. The summed E-state index contributed by atoms with van der Waals surface area (Å²) in [5.41, 5.74) is 1.74. The van der Waals surface area contributed by atoms with Crippen molar-refractivity contribution in [3.63, 3.8) is 0 Å². The van der Waals surface area contributed by atoms with Gasteiger partial charge < -0.3 is 15.5 Å². The lowest BCUT2D eigenvalue weighted by Gasteiger charge is -2.18. The van der Waals surface area contributed by atoms with E-state index in [4.69, 9.17) is 0 Å². The second-order valence-electron chi connectivity index (χ2n) is 5.70. The first-order valence-corrected chi connectivity index (χ1v) is 8.15. The number of unbranched alkanes of at least 4 members (excludes halogenated alkanes) is 1. The van der Waals surface area contributed by atoms with Gasteiger partial charge in [-0.1, -0.05) is 56.2 Å². The molecule has 0 aromatic heterocycles. The van der Waals surface area contributed by atoms with Crippen molar-refractivity contribution in [3.8, 4) is 11.5 Å². The lowest BCUT2D eigenvalue weighted by Crippen LogP contribution is -2.26. The minimum Gasteiger partial charge on any atom is -0.504 e. The van der Waals surface area contributed by atoms with Gasteiger partial charge in [-0.3, -0.25) is 4.79 Å². The van der Waals surface area contributed by atoms with Crippen molar-refractivity contribution < 1.29 is 15.0 Å². The van der Waals surface area contributed by atoms with Crippen LogP contribution in [0.3, 0.4) is 0 Å². The second-order valence-corrected chi connectivity index (χ2v) is 5.70. The molecule has 0 aliphatic rings. The average Bonchev–Trinajstić information content (AvgIpc) is 2.60. The lowest BCUT2D eigenvalue weighted by atomic mass is 10.0. The van der Waals surface area contributed by atoms with Gasteiger partial charge in [0.05, 0.1) is 6.04 Å². The zero-order valence-corrected chi connectivity index (χ0v) is 13.8. The SMILES string of the molecule is CCCC[C@H](NC(=O)/C=C/c1ccc(O)c(O)c1)c1ccccc1. The Bertz CT molecular complexity index is 695. The van der Waals surface area contributed by atoms with Gasteiger partial charge in [0.15, 0.2) is 11.5 Å². The summed E-state index contributed by atoms with van der Waals surface area (Å²) in [7, 11) is 0. The van der Waals surface area contributed by atoms with E-state index in [1.165, 1.54) is 18.2 Å². The molecule has 1 amide bonds. The van der Waals surface area contributed by atoms with Gasteiger partial charge in [-0.15, -0.1) is 0 Å². The molecular formula is C20H23NO3. The largest absolute Gasteiger partial charge is 0.504 e. The first-order valence-electron chi connectivity index (χ1n) is 8.15. The van der Waals surface area contributed by atoms with Gasteiger partial charge in [-0.2, -0.15) is 0 Å². The number of aromatic hydroxyl groups is 2. The maximum Gasteiger partial charge on any atom is 0.244 e. The van der Waals surface area contributed by atoms with Crippen LogP contribution in [0.5, 0.6) is 11.5 Å². The van der Waals surface area contributed by atoms with Crippen molar-refractivity contribution in [3.05, 3.63) is 65.7 Å². The van der Waals surface area contributed by atoms with Crippen LogP contribution < -0.4 is 5.32 Å². The van der Waals surface area contributed by atoms with Crippen LogP contribution in [-0.4, -0.2) is 16.1 Å². The predicted octanol–water partition coefficient (Wildman–Crippen LogP) is 4.16. The Morgan fingerprint density at radius 1 is 1.12 bits per heavy atom. The molecule has 0 bridgehead atoms. The van der Waals surface area contributed by atoms with Crippen LogP contribution in [0.1, 0.15) is 43.4 Å². The van der Waals surface area contributed by atoms with E-state index in [1.54, 1.807) is 12.1 Å². The summed E-state index contributed by atoms with van der Waals surface area (Å²) in [6.07, 6.45) is 6.04. The molecule has 3 N–H and O–H groups in total. The third-order valence-electron chi connectivity index (χ3n) is 3.79. The predicted molar refractivity (Wildman–Crippen MR) is 95.7 cm³/mol. The molecule has 0 radical (unpaired) electrons. The molecule has 126 valence electrons. The van der Waals surface area contributed by atoms with Crippen LogP contribution in [0.4, 0.5) is 0 Å². The topological polar surface area (TPSA) is 69.6 Å². The fraction of sp³-hybridized carbons (Fsp3) is 0.250. The second kappa shape index (κ2) is 8.77. The zero-order valence-electron chi connectivity index (χ0n) is 13.8. The number of carbonyl (C=O) groups excluding carboxylic acids is 1. The van der Waals surface area contributed by atoms with Gasteiger partial charge >= 0.3 is 0 Å². The standard InChI is InChI=1S/C20H23NO3/c1-2-3-9-17(16-7-5-4-6-8-16)21-20(24)13-11-15-10-12-18(22)19(23)14-15/h4-8,10-14,17,22-23H,2-3,9H2,1H3,(H,21,24)/b13-11+/t17-/m0/s1. The van der Waals surface area contributed by atoms with E-state index in [-0.39, 0.29) is 23.4 Å². The van der Waals surface area contributed by atoms with E-state index in [0.29, 0.717) is 5.56 Å². The fourth-order valence-electron chi connectivity index (χ4n) is 2.45. The van der Waals surface area contributed by atoms with Crippen molar-refractivity contribution in [2.75, 3.05) is 0 Å². The highest BCUT2D eigenvalue weighted by Crippen LogP contribution is 2.25. The van der Waals surface area contributed by atoms with Gasteiger partial charge in [0.2, 0.25) is 5.91 Å². The Hall–Kier alpha value is -2.75. The van der Waals surface area contributed by atoms with Crippen molar-refractivity contribution in [2.45, 2.75) is 32.2 Å². The minimum absolute atomic E-state index is 0.0171. The smallest absolute Gasteiger partial charge is 0.244 e. The molecule has 4 heteroatoms. The van der Waals surface area contributed by atoms with Gasteiger partial charge in [0.1, 0.15) is 0 Å². The third kappa shape index (κ3) is 5.16. The quantitative estimate of drug-likeness (QED) is 0.529. The van der Waals surface area contributed by atoms with Gasteiger partial charge in [-0.05, 0) is 35.8 Å². The Morgan fingerprint density at radius 2 is 1.88 bits per heavy atom. The first kappa shape index (κ1) is 17.6. The molecular weight excluding hydrogens is 302 g/mol. The molecule has 0 spiro atoms. The molecule has 24 heavy (non-hydrogen) atoms. The van der Waals surface area contributed by atoms with Crippen LogP contribution in [0.15, 0.2) is 54.6 Å². The van der Waals surface area contributed by atoms with Crippen molar-refractivity contribution in [2.24, 2.45) is 0 Å². The van der Waals surface area contributed by atoms with Crippen LogP contribution >= 0.6 is 0 Å². The molecule has 0 saturated heterocycles. The molecule has 2 aromatic rings. The molecule has 0 aliphatic carbocycles. The molecule has 2 aromatic carbocycles. The molecule has 2 rings (SSSR count). The number of nitrogens with one attached hydrogen (secondary N) is 1.